The van der Waals surface area contributed by atoms with E-state index >= 15 is 0 Å². The average molecular weight is 315 g/mol. The number of hydrogen-bond acceptors (Lipinski definition) is 3. The van der Waals surface area contributed by atoms with E-state index < -0.39 is 13.7 Å². The number of carbonyl (C=O) groups excluding carboxylic acids is 2. The van der Waals surface area contributed by atoms with Gasteiger partial charge in [-0.2, -0.15) is 0 Å². The smallest absolute Gasteiger partial charge is 0.192 e. The summed E-state index contributed by atoms with van der Waals surface area (Å²) in [5.41, 5.74) is -0.941. The Bertz CT molecular complexity index is 378. The summed E-state index contributed by atoms with van der Waals surface area (Å²) in [5.74, 6) is -0.0743. The Morgan fingerprint density at radius 3 is 1.76 bits per heavy atom. The van der Waals surface area contributed by atoms with Crippen molar-refractivity contribution in [3.8, 4) is 0 Å². The van der Waals surface area contributed by atoms with Gasteiger partial charge in [-0.25, -0.2) is 0 Å². The van der Waals surface area contributed by atoms with Gasteiger partial charge < -0.3 is 9.22 Å². The van der Waals surface area contributed by atoms with Crippen molar-refractivity contribution in [3.63, 3.8) is 0 Å². The lowest BCUT2D eigenvalue weighted by molar-refractivity contribution is -0.138. The third-order valence-corrected chi connectivity index (χ3v) is 9.20. The molecule has 0 bridgehead atoms. The minimum absolute atomic E-state index is 0.0325. The number of rotatable bonds is 7. The van der Waals surface area contributed by atoms with Gasteiger partial charge in [0.15, 0.2) is 14.1 Å². The van der Waals surface area contributed by atoms with Crippen molar-refractivity contribution < 1.29 is 14.0 Å². The first kappa shape index (κ1) is 20.5. The molecule has 0 fully saturated rings. The Hall–Kier alpha value is -0.483. The second kappa shape index (κ2) is 6.74. The highest BCUT2D eigenvalue weighted by molar-refractivity contribution is 6.74. The highest BCUT2D eigenvalue weighted by Gasteiger charge is 2.43. The zero-order chi connectivity index (χ0) is 17.2. The van der Waals surface area contributed by atoms with Gasteiger partial charge in [0.05, 0.1) is 11.5 Å². The summed E-state index contributed by atoms with van der Waals surface area (Å²) in [4.78, 5) is 23.7. The molecule has 0 amide bonds. The van der Waals surface area contributed by atoms with E-state index in [1.54, 1.807) is 13.8 Å². The lowest BCUT2D eigenvalue weighted by Crippen LogP contribution is -2.49. The summed E-state index contributed by atoms with van der Waals surface area (Å²) < 4.78 is 6.49. The van der Waals surface area contributed by atoms with Crippen LogP contribution in [-0.4, -0.2) is 26.5 Å². The molecule has 0 aromatic rings. The van der Waals surface area contributed by atoms with Crippen molar-refractivity contribution in [1.82, 2.24) is 0 Å². The van der Waals surface area contributed by atoms with Gasteiger partial charge in [-0.05, 0) is 37.9 Å². The van der Waals surface area contributed by atoms with Crippen LogP contribution in [0.25, 0.3) is 0 Å². The fraction of sp³-hybridized carbons (Fsp3) is 0.882. The van der Waals surface area contributed by atoms with Crippen LogP contribution in [0.5, 0.6) is 0 Å². The van der Waals surface area contributed by atoms with Crippen molar-refractivity contribution >= 4 is 20.4 Å². The Morgan fingerprint density at radius 1 is 1.05 bits per heavy atom. The fourth-order valence-electron chi connectivity index (χ4n) is 2.13. The highest BCUT2D eigenvalue weighted by Crippen LogP contribution is 2.39. The topological polar surface area (TPSA) is 43.4 Å². The first-order chi connectivity index (χ1) is 9.17. The van der Waals surface area contributed by atoms with Crippen molar-refractivity contribution in [3.05, 3.63) is 0 Å². The normalized spacial score (nSPS) is 16.7. The van der Waals surface area contributed by atoms with Crippen LogP contribution in [0, 0.1) is 17.3 Å². The van der Waals surface area contributed by atoms with Crippen molar-refractivity contribution in [2.45, 2.75) is 79.6 Å². The van der Waals surface area contributed by atoms with Gasteiger partial charge in [-0.1, -0.05) is 41.5 Å². The maximum atomic E-state index is 12.6. The first-order valence-corrected chi connectivity index (χ1v) is 10.8. The minimum atomic E-state index is -1.95. The second-order valence-corrected chi connectivity index (χ2v) is 13.3. The molecule has 0 aromatic carbocycles. The van der Waals surface area contributed by atoms with Gasteiger partial charge in [-0.15, -0.1) is 0 Å². The van der Waals surface area contributed by atoms with E-state index in [2.05, 4.69) is 47.7 Å². The molecule has 0 radical (unpaired) electrons. The Balaban J connectivity index is 5.36. The summed E-state index contributed by atoms with van der Waals surface area (Å²) in [7, 11) is -1.95. The standard InChI is InChI=1S/C17H34O3Si/c1-12(2)14(20-21(9,10)16(4,5)6)13(3)15(19)17(7,8)11-18/h11-14H,1-10H3/t13-,14+/m0/s1. The van der Waals surface area contributed by atoms with Gasteiger partial charge in [-0.3, -0.25) is 4.79 Å². The molecule has 0 N–H and O–H groups in total. The highest BCUT2D eigenvalue weighted by atomic mass is 28.4. The van der Waals surface area contributed by atoms with Crippen LogP contribution in [0.2, 0.25) is 18.1 Å². The van der Waals surface area contributed by atoms with Gasteiger partial charge in [0, 0.05) is 5.92 Å². The second-order valence-electron chi connectivity index (χ2n) is 8.58. The molecule has 4 heteroatoms. The van der Waals surface area contributed by atoms with E-state index in [-0.39, 0.29) is 28.8 Å². The molecule has 124 valence electrons. The molecule has 0 saturated carbocycles. The summed E-state index contributed by atoms with van der Waals surface area (Å²) in [6.07, 6.45) is 0.604. The molecule has 0 saturated heterocycles. The molecule has 0 aromatic heterocycles. The fourth-order valence-corrected chi connectivity index (χ4v) is 3.64. The molecule has 21 heavy (non-hydrogen) atoms. The maximum Gasteiger partial charge on any atom is 0.192 e. The van der Waals surface area contributed by atoms with Crippen LogP contribution >= 0.6 is 0 Å². The van der Waals surface area contributed by atoms with Gasteiger partial charge in [0.25, 0.3) is 0 Å². The molecule has 0 heterocycles. The number of Topliss-reactive ketones (excluding diaryl/α,β-unsaturated/α-hetero) is 1. The third-order valence-electron chi connectivity index (χ3n) is 4.73. The summed E-state index contributed by atoms with van der Waals surface area (Å²) in [5, 5.41) is 0.100. The predicted molar refractivity (Wildman–Crippen MR) is 90.9 cm³/mol. The zero-order valence-corrected chi connectivity index (χ0v) is 16.5. The lowest BCUT2D eigenvalue weighted by atomic mass is 9.79. The van der Waals surface area contributed by atoms with E-state index in [1.807, 2.05) is 6.92 Å². The Morgan fingerprint density at radius 2 is 1.48 bits per heavy atom. The molecule has 0 aliphatic carbocycles. The van der Waals surface area contributed by atoms with E-state index in [0.29, 0.717) is 0 Å². The zero-order valence-electron chi connectivity index (χ0n) is 15.5. The number of ketones is 1. The van der Waals surface area contributed by atoms with Crippen LogP contribution in [0.1, 0.15) is 55.4 Å². The SMILES string of the molecule is CC(C)[C@@H](O[Si](C)(C)C(C)(C)C)[C@H](C)C(=O)C(C)(C)C=O. The monoisotopic (exact) mass is 314 g/mol. The van der Waals surface area contributed by atoms with E-state index in [1.165, 1.54) is 0 Å². The lowest BCUT2D eigenvalue weighted by Gasteiger charge is -2.42. The van der Waals surface area contributed by atoms with Crippen LogP contribution in [0.3, 0.4) is 0 Å². The third kappa shape index (κ3) is 5.03. The summed E-state index contributed by atoms with van der Waals surface area (Å²) >= 11 is 0. The van der Waals surface area contributed by atoms with Gasteiger partial charge in [0.2, 0.25) is 0 Å². The largest absolute Gasteiger partial charge is 0.413 e. The Labute approximate surface area is 132 Å². The van der Waals surface area contributed by atoms with Gasteiger partial charge in [0.1, 0.15) is 6.29 Å². The van der Waals surface area contributed by atoms with Crippen molar-refractivity contribution in [1.29, 1.82) is 0 Å². The van der Waals surface area contributed by atoms with Crippen LogP contribution in [-0.2, 0) is 14.0 Å². The molecule has 2 atom stereocenters. The van der Waals surface area contributed by atoms with Crippen LogP contribution < -0.4 is 0 Å². The van der Waals surface area contributed by atoms with E-state index in [0.717, 1.165) is 6.29 Å². The number of aldehydes is 1. The number of hydrogen-bond donors (Lipinski definition) is 0. The molecule has 3 nitrogen and oxygen atoms in total. The average Bonchev–Trinajstić information content (AvgIpc) is 2.32. The van der Waals surface area contributed by atoms with Crippen molar-refractivity contribution in [2.75, 3.05) is 0 Å². The molecular weight excluding hydrogens is 280 g/mol. The molecule has 0 rings (SSSR count). The van der Waals surface area contributed by atoms with Crippen molar-refractivity contribution in [2.24, 2.45) is 17.3 Å². The van der Waals surface area contributed by atoms with Crippen LogP contribution in [0.15, 0.2) is 0 Å². The van der Waals surface area contributed by atoms with Crippen LogP contribution in [0.4, 0.5) is 0 Å². The summed E-state index contributed by atoms with van der Waals surface area (Å²) in [6.45, 7) is 20.4. The van der Waals surface area contributed by atoms with Gasteiger partial charge >= 0.3 is 0 Å². The molecular formula is C17H34O3Si. The maximum absolute atomic E-state index is 12.6. The predicted octanol–water partition coefficient (Wildman–Crippen LogP) is 4.46. The molecule has 0 aliphatic heterocycles. The molecule has 0 aliphatic rings. The number of carbonyl (C=O) groups is 2. The van der Waals surface area contributed by atoms with E-state index in [9.17, 15) is 9.59 Å². The quantitative estimate of drug-likeness (QED) is 0.396. The summed E-state index contributed by atoms with van der Waals surface area (Å²) in [6, 6.07) is 0. The minimum Gasteiger partial charge on any atom is -0.413 e. The molecule has 0 unspecified atom stereocenters. The first-order valence-electron chi connectivity index (χ1n) is 7.86. The molecule has 0 spiro atoms. The Kier molecular flexibility index (Phi) is 6.58. The van der Waals surface area contributed by atoms with E-state index in [4.69, 9.17) is 4.43 Å².